The Morgan fingerprint density at radius 1 is 1.19 bits per heavy atom. The predicted octanol–water partition coefficient (Wildman–Crippen LogP) is 3.96. The second-order valence-corrected chi connectivity index (χ2v) is 5.51. The molecule has 2 N–H and O–H groups in total. The third-order valence-corrected chi connectivity index (χ3v) is 3.98. The first-order valence-electron chi connectivity index (χ1n) is 6.21. The molecule has 0 fully saturated rings. The number of benzene rings is 1. The molecule has 0 radical (unpaired) electrons. The molecule has 0 aliphatic heterocycles. The van der Waals surface area contributed by atoms with Crippen molar-refractivity contribution in [3.8, 4) is 0 Å². The molecule has 2 heterocycles. The molecule has 1 aromatic carbocycles. The molecule has 5 nitrogen and oxygen atoms in total. The summed E-state index contributed by atoms with van der Waals surface area (Å²) in [5.41, 5.74) is 8.23. The minimum absolute atomic E-state index is 0.126. The minimum Gasteiger partial charge on any atom is -0.398 e. The maximum atomic E-state index is 10.6. The molecule has 21 heavy (non-hydrogen) atoms. The molecule has 0 spiro atoms. The number of para-hydroxylation sites is 1. The van der Waals surface area contributed by atoms with E-state index in [1.165, 1.54) is 6.07 Å². The normalized spacial score (nSPS) is 11.2. The fraction of sp³-hybridized carbons (Fsp3) is 0. The van der Waals surface area contributed by atoms with E-state index in [0.29, 0.717) is 5.69 Å². The maximum absolute atomic E-state index is 10.6. The zero-order valence-corrected chi connectivity index (χ0v) is 11.7. The summed E-state index contributed by atoms with van der Waals surface area (Å²) >= 11 is 1.12. The monoisotopic (exact) mass is 297 g/mol. The molecule has 3 rings (SSSR count). The van der Waals surface area contributed by atoms with Gasteiger partial charge in [0.15, 0.2) is 0 Å². The lowest BCUT2D eigenvalue weighted by molar-refractivity contribution is -0.380. The van der Waals surface area contributed by atoms with Crippen LogP contribution in [0.1, 0.15) is 10.6 Å². The van der Waals surface area contributed by atoms with Gasteiger partial charge in [-0.15, -0.1) is 0 Å². The number of hydrogen-bond donors (Lipinski definition) is 1. The van der Waals surface area contributed by atoms with Gasteiger partial charge in [0.05, 0.1) is 16.1 Å². The Morgan fingerprint density at radius 3 is 2.76 bits per heavy atom. The Morgan fingerprint density at radius 2 is 2.00 bits per heavy atom. The van der Waals surface area contributed by atoms with Gasteiger partial charge in [-0.1, -0.05) is 29.5 Å². The number of nitrogens with two attached hydrogens (primary N) is 1. The van der Waals surface area contributed by atoms with Crippen molar-refractivity contribution >= 4 is 45.1 Å². The van der Waals surface area contributed by atoms with E-state index in [9.17, 15) is 10.1 Å². The number of fused-ring (bicyclic) bond motifs is 1. The number of thiophene rings is 1. The van der Waals surface area contributed by atoms with Gasteiger partial charge in [0.25, 0.3) is 0 Å². The first-order chi connectivity index (χ1) is 10.1. The summed E-state index contributed by atoms with van der Waals surface area (Å²) in [5.74, 6) is 0. The Hall–Kier alpha value is -2.73. The van der Waals surface area contributed by atoms with Crippen LogP contribution in [-0.4, -0.2) is 9.91 Å². The lowest BCUT2D eigenvalue weighted by atomic mass is 10.1. The van der Waals surface area contributed by atoms with Crippen LogP contribution in [-0.2, 0) is 0 Å². The summed E-state index contributed by atoms with van der Waals surface area (Å²) in [6, 6.07) is 12.6. The molecule has 0 bridgehead atoms. The zero-order valence-electron chi connectivity index (χ0n) is 10.9. The molecule has 0 atom stereocenters. The van der Waals surface area contributed by atoms with E-state index in [-0.39, 0.29) is 5.00 Å². The smallest absolute Gasteiger partial charge is 0.324 e. The van der Waals surface area contributed by atoms with Gasteiger partial charge in [-0.25, -0.2) is 4.98 Å². The number of rotatable bonds is 3. The fourth-order valence-corrected chi connectivity index (χ4v) is 2.73. The highest BCUT2D eigenvalue weighted by atomic mass is 32.1. The number of pyridine rings is 1. The summed E-state index contributed by atoms with van der Waals surface area (Å²) in [5, 5.41) is 11.7. The second-order valence-electron chi connectivity index (χ2n) is 4.42. The van der Waals surface area contributed by atoms with Crippen LogP contribution >= 0.6 is 11.3 Å². The fourth-order valence-electron chi connectivity index (χ4n) is 2.01. The molecule has 6 heteroatoms. The van der Waals surface area contributed by atoms with E-state index in [0.717, 1.165) is 32.8 Å². The van der Waals surface area contributed by atoms with E-state index in [2.05, 4.69) is 4.98 Å². The SMILES string of the molecule is Nc1cc(C=Cc2ccc([N+](=O)[O-])s2)nc2ccccc12. The highest BCUT2D eigenvalue weighted by Crippen LogP contribution is 2.26. The second kappa shape index (κ2) is 5.34. The summed E-state index contributed by atoms with van der Waals surface area (Å²) in [7, 11) is 0. The third-order valence-electron chi connectivity index (χ3n) is 2.98. The van der Waals surface area contributed by atoms with Crippen molar-refractivity contribution in [3.63, 3.8) is 0 Å². The molecule has 0 amide bonds. The Kier molecular flexibility index (Phi) is 3.37. The van der Waals surface area contributed by atoms with E-state index in [1.807, 2.05) is 24.3 Å². The predicted molar refractivity (Wildman–Crippen MR) is 86.1 cm³/mol. The van der Waals surface area contributed by atoms with Crippen molar-refractivity contribution < 1.29 is 4.92 Å². The van der Waals surface area contributed by atoms with E-state index >= 15 is 0 Å². The zero-order chi connectivity index (χ0) is 14.8. The molecule has 0 unspecified atom stereocenters. The molecular weight excluding hydrogens is 286 g/mol. The lowest BCUT2D eigenvalue weighted by Gasteiger charge is -2.02. The summed E-state index contributed by atoms with van der Waals surface area (Å²) in [6.07, 6.45) is 3.60. The van der Waals surface area contributed by atoms with E-state index < -0.39 is 4.92 Å². The average Bonchev–Trinajstić information content (AvgIpc) is 2.94. The van der Waals surface area contributed by atoms with Crippen molar-refractivity contribution in [2.24, 2.45) is 0 Å². The third kappa shape index (κ3) is 2.75. The van der Waals surface area contributed by atoms with Gasteiger partial charge in [0.2, 0.25) is 0 Å². The van der Waals surface area contributed by atoms with E-state index in [1.54, 1.807) is 24.3 Å². The summed E-state index contributed by atoms with van der Waals surface area (Å²) < 4.78 is 0. The highest BCUT2D eigenvalue weighted by Gasteiger charge is 2.07. The molecule has 3 aromatic rings. The van der Waals surface area contributed by atoms with Gasteiger partial charge in [0, 0.05) is 22.0 Å². The quantitative estimate of drug-likeness (QED) is 0.586. The van der Waals surface area contributed by atoms with Gasteiger partial charge in [-0.05, 0) is 30.4 Å². The molecule has 0 aliphatic carbocycles. The Balaban J connectivity index is 1.93. The van der Waals surface area contributed by atoms with Crippen molar-refractivity contribution in [2.45, 2.75) is 0 Å². The molecule has 2 aromatic heterocycles. The largest absolute Gasteiger partial charge is 0.398 e. The first kappa shape index (κ1) is 13.3. The molecule has 0 saturated carbocycles. The van der Waals surface area contributed by atoms with Gasteiger partial charge in [-0.2, -0.15) is 0 Å². The van der Waals surface area contributed by atoms with Crippen LogP contribution in [0, 0.1) is 10.1 Å². The van der Waals surface area contributed by atoms with Crippen LogP contribution in [0.25, 0.3) is 23.1 Å². The number of anilines is 1. The molecule has 0 aliphatic rings. The number of nitro groups is 1. The first-order valence-corrected chi connectivity index (χ1v) is 7.03. The van der Waals surface area contributed by atoms with E-state index in [4.69, 9.17) is 5.73 Å². The van der Waals surface area contributed by atoms with Crippen molar-refractivity contribution in [3.05, 3.63) is 63.1 Å². The standard InChI is InChI=1S/C15H11N3O2S/c16-13-9-10(17-14-4-2-1-3-12(13)14)5-6-11-7-8-15(21-11)18(19)20/h1-9H,(H2,16,17). The topological polar surface area (TPSA) is 82.0 Å². The molecule has 0 saturated heterocycles. The van der Waals surface area contributed by atoms with Gasteiger partial charge >= 0.3 is 5.00 Å². The van der Waals surface area contributed by atoms with Crippen LogP contribution in [0.5, 0.6) is 0 Å². The minimum atomic E-state index is -0.395. The van der Waals surface area contributed by atoms with Crippen LogP contribution in [0.4, 0.5) is 10.7 Å². The number of aromatic nitrogens is 1. The summed E-state index contributed by atoms with van der Waals surface area (Å²) in [6.45, 7) is 0. The van der Waals surface area contributed by atoms with Crippen molar-refractivity contribution in [2.75, 3.05) is 5.73 Å². The van der Waals surface area contributed by atoms with Crippen molar-refractivity contribution in [1.29, 1.82) is 0 Å². The van der Waals surface area contributed by atoms with Crippen molar-refractivity contribution in [1.82, 2.24) is 4.98 Å². The highest BCUT2D eigenvalue weighted by molar-refractivity contribution is 7.16. The van der Waals surface area contributed by atoms with Gasteiger partial charge in [-0.3, -0.25) is 10.1 Å². The Labute approximate surface area is 124 Å². The maximum Gasteiger partial charge on any atom is 0.324 e. The van der Waals surface area contributed by atoms with Crippen LogP contribution in [0.3, 0.4) is 0 Å². The number of nitrogen functional groups attached to an aromatic ring is 1. The number of nitrogens with zero attached hydrogens (tertiary/aromatic N) is 2. The van der Waals surface area contributed by atoms with Crippen LogP contribution < -0.4 is 5.73 Å². The average molecular weight is 297 g/mol. The molecular formula is C15H11N3O2S. The van der Waals surface area contributed by atoms with Crippen LogP contribution in [0.2, 0.25) is 0 Å². The lowest BCUT2D eigenvalue weighted by Crippen LogP contribution is -1.91. The number of hydrogen-bond acceptors (Lipinski definition) is 5. The van der Waals surface area contributed by atoms with Gasteiger partial charge in [0.1, 0.15) is 0 Å². The van der Waals surface area contributed by atoms with Crippen LogP contribution in [0.15, 0.2) is 42.5 Å². The van der Waals surface area contributed by atoms with Gasteiger partial charge < -0.3 is 5.73 Å². The molecule has 104 valence electrons. The summed E-state index contributed by atoms with van der Waals surface area (Å²) in [4.78, 5) is 15.5. The Bertz CT molecular complexity index is 855.